The molecule has 0 aromatic rings. The first-order chi connectivity index (χ1) is 9.24. The molecule has 0 aromatic heterocycles. The molecular formula is C16H31NO2. The summed E-state index contributed by atoms with van der Waals surface area (Å²) in [5.74, 6) is 1.50. The second kappa shape index (κ2) is 7.61. The van der Waals surface area contributed by atoms with Crippen LogP contribution < -0.4 is 5.32 Å². The quantitative estimate of drug-likeness (QED) is 0.721. The average molecular weight is 269 g/mol. The zero-order chi connectivity index (χ0) is 13.6. The molecule has 0 amide bonds. The van der Waals surface area contributed by atoms with E-state index in [4.69, 9.17) is 9.47 Å². The highest BCUT2D eigenvalue weighted by atomic mass is 16.5. The van der Waals surface area contributed by atoms with Gasteiger partial charge in [-0.15, -0.1) is 0 Å². The van der Waals surface area contributed by atoms with Gasteiger partial charge in [0.15, 0.2) is 0 Å². The third-order valence-electron chi connectivity index (χ3n) is 4.71. The maximum atomic E-state index is 6.41. The predicted octanol–water partition coefficient (Wildman–Crippen LogP) is 2.99. The van der Waals surface area contributed by atoms with Crippen molar-refractivity contribution in [3.8, 4) is 0 Å². The Bertz CT molecular complexity index is 243. The highest BCUT2D eigenvalue weighted by molar-refractivity contribution is 4.89. The SMILES string of the molecule is CCCNCC1(OCC2CCOC2)CCC(C)CC1. The molecule has 112 valence electrons. The Labute approximate surface area is 118 Å². The number of ether oxygens (including phenoxy) is 2. The molecule has 2 aliphatic rings. The summed E-state index contributed by atoms with van der Waals surface area (Å²) in [5.41, 5.74) is 0.101. The number of rotatable bonds is 7. The van der Waals surface area contributed by atoms with E-state index < -0.39 is 0 Å². The van der Waals surface area contributed by atoms with Crippen LogP contribution in [0.25, 0.3) is 0 Å². The third kappa shape index (κ3) is 4.73. The Balaban J connectivity index is 1.81. The molecule has 0 bridgehead atoms. The van der Waals surface area contributed by atoms with Crippen LogP contribution in [-0.4, -0.2) is 38.5 Å². The monoisotopic (exact) mass is 269 g/mol. The first-order valence-corrected chi connectivity index (χ1v) is 8.16. The molecule has 1 heterocycles. The highest BCUT2D eigenvalue weighted by Gasteiger charge is 2.35. The Morgan fingerprint density at radius 1 is 1.26 bits per heavy atom. The predicted molar refractivity (Wildman–Crippen MR) is 78.4 cm³/mol. The van der Waals surface area contributed by atoms with Gasteiger partial charge in [0.2, 0.25) is 0 Å². The lowest BCUT2D eigenvalue weighted by atomic mass is 9.79. The molecule has 1 saturated carbocycles. The summed E-state index contributed by atoms with van der Waals surface area (Å²) in [6.07, 6.45) is 7.44. The normalized spacial score (nSPS) is 35.7. The van der Waals surface area contributed by atoms with Crippen LogP contribution in [0.1, 0.15) is 52.4 Å². The van der Waals surface area contributed by atoms with E-state index in [2.05, 4.69) is 19.2 Å². The van der Waals surface area contributed by atoms with Crippen LogP contribution in [0.4, 0.5) is 0 Å². The lowest BCUT2D eigenvalue weighted by Gasteiger charge is -2.40. The summed E-state index contributed by atoms with van der Waals surface area (Å²) < 4.78 is 11.9. The van der Waals surface area contributed by atoms with E-state index in [0.29, 0.717) is 5.92 Å². The average Bonchev–Trinajstić information content (AvgIpc) is 2.93. The fourth-order valence-electron chi connectivity index (χ4n) is 3.16. The minimum Gasteiger partial charge on any atom is -0.381 e. The Morgan fingerprint density at radius 2 is 2.05 bits per heavy atom. The van der Waals surface area contributed by atoms with E-state index in [9.17, 15) is 0 Å². The largest absolute Gasteiger partial charge is 0.381 e. The topological polar surface area (TPSA) is 30.5 Å². The van der Waals surface area contributed by atoms with Gasteiger partial charge in [-0.25, -0.2) is 0 Å². The van der Waals surface area contributed by atoms with Gasteiger partial charge in [-0.05, 0) is 51.0 Å². The van der Waals surface area contributed by atoms with Crippen LogP contribution in [0, 0.1) is 11.8 Å². The van der Waals surface area contributed by atoms with E-state index >= 15 is 0 Å². The van der Waals surface area contributed by atoms with Gasteiger partial charge in [-0.2, -0.15) is 0 Å². The second-order valence-corrected chi connectivity index (χ2v) is 6.58. The van der Waals surface area contributed by atoms with Crippen LogP contribution in [0.15, 0.2) is 0 Å². The van der Waals surface area contributed by atoms with Crippen molar-refractivity contribution in [1.29, 1.82) is 0 Å². The van der Waals surface area contributed by atoms with Gasteiger partial charge in [-0.3, -0.25) is 0 Å². The molecule has 1 atom stereocenters. The van der Waals surface area contributed by atoms with Gasteiger partial charge in [0.25, 0.3) is 0 Å². The van der Waals surface area contributed by atoms with Gasteiger partial charge >= 0.3 is 0 Å². The van der Waals surface area contributed by atoms with Crippen LogP contribution in [-0.2, 0) is 9.47 Å². The summed E-state index contributed by atoms with van der Waals surface area (Å²) in [7, 11) is 0. The van der Waals surface area contributed by atoms with Crippen molar-refractivity contribution in [1.82, 2.24) is 5.32 Å². The van der Waals surface area contributed by atoms with Crippen molar-refractivity contribution >= 4 is 0 Å². The fraction of sp³-hybridized carbons (Fsp3) is 1.00. The van der Waals surface area contributed by atoms with E-state index in [1.165, 1.54) is 38.5 Å². The van der Waals surface area contributed by atoms with Gasteiger partial charge < -0.3 is 14.8 Å². The van der Waals surface area contributed by atoms with Gasteiger partial charge in [0.1, 0.15) is 0 Å². The Morgan fingerprint density at radius 3 is 2.68 bits per heavy atom. The Hall–Kier alpha value is -0.120. The Kier molecular flexibility index (Phi) is 6.11. The zero-order valence-corrected chi connectivity index (χ0v) is 12.7. The molecular weight excluding hydrogens is 238 g/mol. The minimum atomic E-state index is 0.101. The van der Waals surface area contributed by atoms with Gasteiger partial charge in [0.05, 0.1) is 18.8 Å². The standard InChI is InChI=1S/C16H31NO2/c1-3-9-17-13-16(7-4-14(2)5-8-16)19-12-15-6-10-18-11-15/h14-15,17H,3-13H2,1-2H3. The molecule has 3 nitrogen and oxygen atoms in total. The first kappa shape index (κ1) is 15.3. The van der Waals surface area contributed by atoms with Crippen molar-refractivity contribution in [3.05, 3.63) is 0 Å². The van der Waals surface area contributed by atoms with Crippen molar-refractivity contribution in [2.75, 3.05) is 32.9 Å². The van der Waals surface area contributed by atoms with Gasteiger partial charge in [-0.1, -0.05) is 13.8 Å². The molecule has 2 rings (SSSR count). The molecule has 1 N–H and O–H groups in total. The smallest absolute Gasteiger partial charge is 0.0806 e. The third-order valence-corrected chi connectivity index (χ3v) is 4.71. The molecule has 3 heteroatoms. The molecule has 0 aromatic carbocycles. The summed E-state index contributed by atoms with van der Waals surface area (Å²) in [4.78, 5) is 0. The molecule has 1 saturated heterocycles. The number of hydrogen-bond donors (Lipinski definition) is 1. The van der Waals surface area contributed by atoms with Crippen LogP contribution in [0.5, 0.6) is 0 Å². The van der Waals surface area contributed by atoms with Crippen LogP contribution >= 0.6 is 0 Å². The van der Waals surface area contributed by atoms with Crippen molar-refractivity contribution in [2.45, 2.75) is 58.0 Å². The maximum absolute atomic E-state index is 6.41. The molecule has 19 heavy (non-hydrogen) atoms. The van der Waals surface area contributed by atoms with Crippen molar-refractivity contribution in [2.24, 2.45) is 11.8 Å². The lowest BCUT2D eigenvalue weighted by Crippen LogP contribution is -2.46. The van der Waals surface area contributed by atoms with E-state index in [0.717, 1.165) is 38.8 Å². The summed E-state index contributed by atoms with van der Waals surface area (Å²) >= 11 is 0. The molecule has 1 aliphatic heterocycles. The second-order valence-electron chi connectivity index (χ2n) is 6.58. The van der Waals surface area contributed by atoms with E-state index in [1.54, 1.807) is 0 Å². The summed E-state index contributed by atoms with van der Waals surface area (Å²) in [6, 6.07) is 0. The summed E-state index contributed by atoms with van der Waals surface area (Å²) in [6.45, 7) is 9.44. The molecule has 0 spiro atoms. The molecule has 2 fully saturated rings. The molecule has 1 aliphatic carbocycles. The van der Waals surface area contributed by atoms with E-state index in [1.807, 2.05) is 0 Å². The van der Waals surface area contributed by atoms with Crippen molar-refractivity contribution < 1.29 is 9.47 Å². The van der Waals surface area contributed by atoms with Crippen LogP contribution in [0.3, 0.4) is 0 Å². The zero-order valence-electron chi connectivity index (χ0n) is 12.7. The molecule has 1 unspecified atom stereocenters. The lowest BCUT2D eigenvalue weighted by molar-refractivity contribution is -0.0876. The number of hydrogen-bond acceptors (Lipinski definition) is 3. The summed E-state index contributed by atoms with van der Waals surface area (Å²) in [5, 5.41) is 3.58. The minimum absolute atomic E-state index is 0.101. The molecule has 0 radical (unpaired) electrons. The van der Waals surface area contributed by atoms with Gasteiger partial charge in [0, 0.05) is 19.1 Å². The van der Waals surface area contributed by atoms with Crippen molar-refractivity contribution in [3.63, 3.8) is 0 Å². The maximum Gasteiger partial charge on any atom is 0.0806 e. The first-order valence-electron chi connectivity index (χ1n) is 8.16. The van der Waals surface area contributed by atoms with Crippen LogP contribution in [0.2, 0.25) is 0 Å². The fourth-order valence-corrected chi connectivity index (χ4v) is 3.16. The number of nitrogens with one attached hydrogen (secondary N) is 1. The highest BCUT2D eigenvalue weighted by Crippen LogP contribution is 2.35. The van der Waals surface area contributed by atoms with E-state index in [-0.39, 0.29) is 5.60 Å².